The van der Waals surface area contributed by atoms with Gasteiger partial charge in [0, 0.05) is 24.6 Å². The topological polar surface area (TPSA) is 77.8 Å². The Morgan fingerprint density at radius 3 is 2.48 bits per heavy atom. The zero-order valence-electron chi connectivity index (χ0n) is 12.8. The van der Waals surface area contributed by atoms with Gasteiger partial charge in [0.1, 0.15) is 0 Å². The van der Waals surface area contributed by atoms with Gasteiger partial charge in [-0.3, -0.25) is 9.59 Å². The number of benzene rings is 1. The van der Waals surface area contributed by atoms with Gasteiger partial charge in [0.25, 0.3) is 0 Å². The van der Waals surface area contributed by atoms with Crippen LogP contribution >= 0.6 is 0 Å². The number of Topliss-reactive ketones (excluding diaryl/α,β-unsaturated/α-hetero) is 1. The Balaban J connectivity index is 2.95. The average Bonchev–Trinajstić information content (AvgIpc) is 2.37. The van der Waals surface area contributed by atoms with Gasteiger partial charge in [0.2, 0.25) is 0 Å². The highest BCUT2D eigenvalue weighted by Crippen LogP contribution is 2.18. The molecule has 21 heavy (non-hydrogen) atoms. The summed E-state index contributed by atoms with van der Waals surface area (Å²) in [5, 5.41) is 17.9. The van der Waals surface area contributed by atoms with Crippen molar-refractivity contribution in [1.29, 1.82) is 0 Å². The number of carbonyl (C=O) groups excluding carboxylic acids is 1. The molecule has 116 valence electrons. The summed E-state index contributed by atoms with van der Waals surface area (Å²) in [5.74, 6) is -1.75. The average molecular weight is 293 g/mol. The number of carboxylic acid groups (broad SMARTS) is 1. The van der Waals surface area contributed by atoms with Gasteiger partial charge in [-0.25, -0.2) is 0 Å². The maximum Gasteiger partial charge on any atom is 0.304 e. The first-order valence-electron chi connectivity index (χ1n) is 6.97. The third-order valence-corrected chi connectivity index (χ3v) is 3.45. The van der Waals surface area contributed by atoms with E-state index in [2.05, 4.69) is 0 Å². The second-order valence-electron chi connectivity index (χ2n) is 5.46. The molecule has 1 atom stereocenters. The van der Waals surface area contributed by atoms with Crippen LogP contribution in [-0.2, 0) is 4.79 Å². The molecule has 0 radical (unpaired) electrons. The lowest BCUT2D eigenvalue weighted by Crippen LogP contribution is -2.34. The SMILES string of the molecule is Cc1ccc(C(=O)C(CC(=O)O)CN(C)CCO)c(C)c1. The number of rotatable bonds is 8. The van der Waals surface area contributed by atoms with Gasteiger partial charge in [-0.05, 0) is 26.5 Å². The number of aliphatic hydroxyl groups is 1. The van der Waals surface area contributed by atoms with Gasteiger partial charge in [-0.1, -0.05) is 23.8 Å². The highest BCUT2D eigenvalue weighted by atomic mass is 16.4. The lowest BCUT2D eigenvalue weighted by molar-refractivity contribution is -0.137. The number of ketones is 1. The maximum absolute atomic E-state index is 12.6. The second kappa shape index (κ2) is 7.90. The molecule has 1 aromatic carbocycles. The summed E-state index contributed by atoms with van der Waals surface area (Å²) in [6.45, 7) is 4.52. The van der Waals surface area contributed by atoms with E-state index in [0.29, 0.717) is 18.7 Å². The van der Waals surface area contributed by atoms with Crippen molar-refractivity contribution in [2.24, 2.45) is 5.92 Å². The number of likely N-dealkylation sites (N-methyl/N-ethyl adjacent to an activating group) is 1. The molecule has 2 N–H and O–H groups in total. The molecule has 0 aliphatic rings. The molecule has 0 aromatic heterocycles. The van der Waals surface area contributed by atoms with Crippen LogP contribution in [0.5, 0.6) is 0 Å². The Kier molecular flexibility index (Phi) is 6.52. The predicted molar refractivity (Wildman–Crippen MR) is 80.6 cm³/mol. The van der Waals surface area contributed by atoms with Crippen LogP contribution in [0.4, 0.5) is 0 Å². The first-order valence-corrected chi connectivity index (χ1v) is 6.97. The molecule has 0 aliphatic heterocycles. The summed E-state index contributed by atoms with van der Waals surface area (Å²) in [6.07, 6.45) is -0.206. The Morgan fingerprint density at radius 2 is 1.95 bits per heavy atom. The quantitative estimate of drug-likeness (QED) is 0.710. The molecule has 5 heteroatoms. The van der Waals surface area contributed by atoms with Crippen LogP contribution in [-0.4, -0.2) is 53.6 Å². The van der Waals surface area contributed by atoms with Crippen LogP contribution < -0.4 is 0 Å². The molecule has 5 nitrogen and oxygen atoms in total. The number of carboxylic acids is 1. The Morgan fingerprint density at radius 1 is 1.29 bits per heavy atom. The van der Waals surface area contributed by atoms with Crippen molar-refractivity contribution in [1.82, 2.24) is 4.90 Å². The monoisotopic (exact) mass is 293 g/mol. The van der Waals surface area contributed by atoms with Crippen molar-refractivity contribution < 1.29 is 19.8 Å². The van der Waals surface area contributed by atoms with Gasteiger partial charge in [0.05, 0.1) is 13.0 Å². The van der Waals surface area contributed by atoms with Gasteiger partial charge in [0.15, 0.2) is 5.78 Å². The molecule has 1 unspecified atom stereocenters. The number of carbonyl (C=O) groups is 2. The highest BCUT2D eigenvalue weighted by Gasteiger charge is 2.25. The van der Waals surface area contributed by atoms with Crippen molar-refractivity contribution in [3.8, 4) is 0 Å². The van der Waals surface area contributed by atoms with Crippen molar-refractivity contribution >= 4 is 11.8 Å². The minimum atomic E-state index is -0.990. The van der Waals surface area contributed by atoms with Crippen molar-refractivity contribution in [2.75, 3.05) is 26.7 Å². The molecule has 0 saturated carbocycles. The zero-order chi connectivity index (χ0) is 16.0. The van der Waals surface area contributed by atoms with Crippen LogP contribution in [0.15, 0.2) is 18.2 Å². The van der Waals surface area contributed by atoms with Gasteiger partial charge in [-0.15, -0.1) is 0 Å². The van der Waals surface area contributed by atoms with Crippen molar-refractivity contribution in [3.05, 3.63) is 34.9 Å². The summed E-state index contributed by atoms with van der Waals surface area (Å²) in [7, 11) is 1.76. The Bertz CT molecular complexity index is 513. The third-order valence-electron chi connectivity index (χ3n) is 3.45. The number of nitrogens with zero attached hydrogens (tertiary/aromatic N) is 1. The van der Waals surface area contributed by atoms with E-state index in [1.165, 1.54) is 0 Å². The molecule has 1 rings (SSSR count). The number of aliphatic hydroxyl groups excluding tert-OH is 1. The normalized spacial score (nSPS) is 12.4. The van der Waals surface area contributed by atoms with Gasteiger partial charge in [-0.2, -0.15) is 0 Å². The molecule has 0 aliphatic carbocycles. The molecule has 0 spiro atoms. The molecule has 0 saturated heterocycles. The van der Waals surface area contributed by atoms with Crippen LogP contribution in [0.1, 0.15) is 27.9 Å². The fraction of sp³-hybridized carbons (Fsp3) is 0.500. The number of aliphatic carboxylic acids is 1. The van der Waals surface area contributed by atoms with E-state index in [0.717, 1.165) is 11.1 Å². The molecular formula is C16H23NO4. The van der Waals surface area contributed by atoms with Crippen molar-refractivity contribution in [3.63, 3.8) is 0 Å². The van der Waals surface area contributed by atoms with Crippen molar-refractivity contribution in [2.45, 2.75) is 20.3 Å². The van der Waals surface area contributed by atoms with E-state index in [9.17, 15) is 9.59 Å². The van der Waals surface area contributed by atoms with Gasteiger partial charge >= 0.3 is 5.97 Å². The molecule has 1 aromatic rings. The van der Waals surface area contributed by atoms with E-state index in [1.807, 2.05) is 26.0 Å². The fourth-order valence-electron chi connectivity index (χ4n) is 2.40. The maximum atomic E-state index is 12.6. The van der Waals surface area contributed by atoms with Crippen LogP contribution in [0, 0.1) is 19.8 Å². The van der Waals surface area contributed by atoms with E-state index >= 15 is 0 Å². The minimum absolute atomic E-state index is 0.0198. The Hall–Kier alpha value is -1.72. The number of aryl methyl sites for hydroxylation is 2. The van der Waals surface area contributed by atoms with Crippen LogP contribution in [0.2, 0.25) is 0 Å². The van der Waals surface area contributed by atoms with Gasteiger partial charge < -0.3 is 15.1 Å². The van der Waals surface area contributed by atoms with E-state index in [4.69, 9.17) is 10.2 Å². The summed E-state index contributed by atoms with van der Waals surface area (Å²) in [6, 6.07) is 5.53. The first-order chi connectivity index (χ1) is 9.85. The third kappa shape index (κ3) is 5.28. The lowest BCUT2D eigenvalue weighted by atomic mass is 9.91. The summed E-state index contributed by atoms with van der Waals surface area (Å²) < 4.78 is 0. The highest BCUT2D eigenvalue weighted by molar-refractivity contribution is 6.00. The van der Waals surface area contributed by atoms with Crippen LogP contribution in [0.3, 0.4) is 0 Å². The Labute approximate surface area is 125 Å². The standard InChI is InChI=1S/C16H23NO4/c1-11-4-5-14(12(2)8-11)16(21)13(9-15(19)20)10-17(3)6-7-18/h4-5,8,13,18H,6-7,9-10H2,1-3H3,(H,19,20). The van der Waals surface area contributed by atoms with E-state index in [1.54, 1.807) is 18.0 Å². The molecule has 0 amide bonds. The molecular weight excluding hydrogens is 270 g/mol. The zero-order valence-corrected chi connectivity index (χ0v) is 12.8. The molecule has 0 fully saturated rings. The fourth-order valence-corrected chi connectivity index (χ4v) is 2.40. The summed E-state index contributed by atoms with van der Waals surface area (Å²) in [4.78, 5) is 25.4. The second-order valence-corrected chi connectivity index (χ2v) is 5.46. The van der Waals surface area contributed by atoms with E-state index in [-0.39, 0.29) is 18.8 Å². The smallest absolute Gasteiger partial charge is 0.304 e. The minimum Gasteiger partial charge on any atom is -0.481 e. The molecule has 0 heterocycles. The van der Waals surface area contributed by atoms with Crippen LogP contribution in [0.25, 0.3) is 0 Å². The number of hydrogen-bond donors (Lipinski definition) is 2. The lowest BCUT2D eigenvalue weighted by Gasteiger charge is -2.22. The first kappa shape index (κ1) is 17.3. The summed E-state index contributed by atoms with van der Waals surface area (Å²) >= 11 is 0. The number of hydrogen-bond acceptors (Lipinski definition) is 4. The largest absolute Gasteiger partial charge is 0.481 e. The summed E-state index contributed by atoms with van der Waals surface area (Å²) in [5.41, 5.74) is 2.50. The molecule has 0 bridgehead atoms. The predicted octanol–water partition coefficient (Wildman–Crippen LogP) is 1.50. The van der Waals surface area contributed by atoms with E-state index < -0.39 is 11.9 Å².